The van der Waals surface area contributed by atoms with Crippen LogP contribution in [-0.2, 0) is 4.79 Å². The van der Waals surface area contributed by atoms with Crippen LogP contribution in [0.25, 0.3) is 0 Å². The number of rotatable bonds is 2. The molecule has 2 fully saturated rings. The molecule has 1 N–H and O–H groups in total. The molecule has 3 atom stereocenters. The molecule has 5 nitrogen and oxygen atoms in total. The molecule has 0 aliphatic carbocycles. The highest BCUT2D eigenvalue weighted by molar-refractivity contribution is 8.00. The molecule has 6 heteroatoms. The van der Waals surface area contributed by atoms with Crippen molar-refractivity contribution in [1.82, 2.24) is 9.80 Å². The Bertz CT molecular complexity index is 377. The van der Waals surface area contributed by atoms with Gasteiger partial charge in [-0.05, 0) is 26.2 Å². The van der Waals surface area contributed by atoms with Gasteiger partial charge in [-0.15, -0.1) is 11.8 Å². The Morgan fingerprint density at radius 1 is 1.30 bits per heavy atom. The highest BCUT2D eigenvalue weighted by Gasteiger charge is 2.43. The number of hydrogen-bond acceptors (Lipinski definition) is 3. The minimum Gasteiger partial charge on any atom is -0.480 e. The van der Waals surface area contributed by atoms with Gasteiger partial charge in [0.1, 0.15) is 6.04 Å². The van der Waals surface area contributed by atoms with Crippen molar-refractivity contribution >= 4 is 23.8 Å². The lowest BCUT2D eigenvalue weighted by molar-refractivity contribution is -0.141. The Balaban J connectivity index is 2.17. The third kappa shape index (κ3) is 3.05. The number of carboxylic acids is 1. The van der Waals surface area contributed by atoms with Crippen molar-refractivity contribution in [2.24, 2.45) is 0 Å². The van der Waals surface area contributed by atoms with Crippen LogP contribution < -0.4 is 0 Å². The fourth-order valence-corrected chi connectivity index (χ4v) is 4.37. The van der Waals surface area contributed by atoms with E-state index >= 15 is 0 Å². The number of likely N-dealkylation sites (tertiary alicyclic amines) is 1. The number of nitrogens with zero attached hydrogens (tertiary/aromatic N) is 2. The van der Waals surface area contributed by atoms with Gasteiger partial charge in [0.15, 0.2) is 0 Å². The number of urea groups is 1. The van der Waals surface area contributed by atoms with Crippen molar-refractivity contribution in [3.8, 4) is 0 Å². The van der Waals surface area contributed by atoms with Crippen molar-refractivity contribution < 1.29 is 14.7 Å². The fourth-order valence-electron chi connectivity index (χ4n) is 3.03. The van der Waals surface area contributed by atoms with Gasteiger partial charge < -0.3 is 10.0 Å². The number of carbonyl (C=O) groups excluding carboxylic acids is 1. The SMILES string of the molecule is CCC1SCC(C(=O)O)N1C(=O)N1CCCCCC1C. The average molecular weight is 300 g/mol. The zero-order chi connectivity index (χ0) is 14.7. The summed E-state index contributed by atoms with van der Waals surface area (Å²) in [5.74, 6) is -0.383. The zero-order valence-corrected chi connectivity index (χ0v) is 13.1. The number of aliphatic carboxylic acids is 1. The predicted octanol–water partition coefficient (Wildman–Crippen LogP) is 2.61. The summed E-state index contributed by atoms with van der Waals surface area (Å²) in [5.41, 5.74) is 0. The third-order valence-electron chi connectivity index (χ3n) is 4.25. The van der Waals surface area contributed by atoms with E-state index < -0.39 is 12.0 Å². The van der Waals surface area contributed by atoms with E-state index in [1.54, 1.807) is 16.7 Å². The molecule has 0 radical (unpaired) electrons. The molecule has 2 heterocycles. The van der Waals surface area contributed by atoms with Crippen LogP contribution in [0.2, 0.25) is 0 Å². The molecular weight excluding hydrogens is 276 g/mol. The molecule has 2 rings (SSSR count). The van der Waals surface area contributed by atoms with Crippen molar-refractivity contribution in [2.45, 2.75) is 63.4 Å². The predicted molar refractivity (Wildman–Crippen MR) is 79.8 cm³/mol. The van der Waals surface area contributed by atoms with E-state index in [1.807, 2.05) is 11.8 Å². The largest absolute Gasteiger partial charge is 0.480 e. The molecule has 0 saturated carbocycles. The second-order valence-electron chi connectivity index (χ2n) is 5.63. The van der Waals surface area contributed by atoms with E-state index in [-0.39, 0.29) is 17.4 Å². The van der Waals surface area contributed by atoms with Crippen LogP contribution in [0.4, 0.5) is 4.79 Å². The zero-order valence-electron chi connectivity index (χ0n) is 12.2. The van der Waals surface area contributed by atoms with Crippen molar-refractivity contribution in [3.63, 3.8) is 0 Å². The Morgan fingerprint density at radius 2 is 2.05 bits per heavy atom. The van der Waals surface area contributed by atoms with E-state index in [9.17, 15) is 14.7 Å². The summed E-state index contributed by atoms with van der Waals surface area (Å²) in [4.78, 5) is 27.7. The van der Waals surface area contributed by atoms with Crippen molar-refractivity contribution in [2.75, 3.05) is 12.3 Å². The molecule has 2 amide bonds. The molecule has 0 spiro atoms. The van der Waals surface area contributed by atoms with E-state index in [2.05, 4.69) is 6.92 Å². The second-order valence-corrected chi connectivity index (χ2v) is 6.84. The normalized spacial score (nSPS) is 31.2. The lowest BCUT2D eigenvalue weighted by atomic mass is 10.1. The number of carbonyl (C=O) groups is 2. The lowest BCUT2D eigenvalue weighted by Crippen LogP contribution is -2.53. The van der Waals surface area contributed by atoms with Gasteiger partial charge in [-0.2, -0.15) is 0 Å². The van der Waals surface area contributed by atoms with Gasteiger partial charge in [0.2, 0.25) is 0 Å². The number of carboxylic acid groups (broad SMARTS) is 1. The van der Waals surface area contributed by atoms with Gasteiger partial charge in [-0.3, -0.25) is 4.90 Å². The average Bonchev–Trinajstić information content (AvgIpc) is 2.74. The minimum atomic E-state index is -0.885. The van der Waals surface area contributed by atoms with Crippen molar-refractivity contribution in [3.05, 3.63) is 0 Å². The molecule has 0 aromatic carbocycles. The Labute approximate surface area is 124 Å². The maximum absolute atomic E-state index is 12.8. The molecule has 0 aromatic rings. The van der Waals surface area contributed by atoms with Crippen LogP contribution >= 0.6 is 11.8 Å². The van der Waals surface area contributed by atoms with Crippen LogP contribution in [0.1, 0.15) is 46.0 Å². The monoisotopic (exact) mass is 300 g/mol. The van der Waals surface area contributed by atoms with E-state index in [1.165, 1.54) is 0 Å². The quantitative estimate of drug-likeness (QED) is 0.851. The first-order chi connectivity index (χ1) is 9.56. The summed E-state index contributed by atoms with van der Waals surface area (Å²) in [7, 11) is 0. The van der Waals surface area contributed by atoms with Gasteiger partial charge in [0.25, 0.3) is 0 Å². The van der Waals surface area contributed by atoms with Gasteiger partial charge in [0.05, 0.1) is 5.37 Å². The number of amides is 2. The summed E-state index contributed by atoms with van der Waals surface area (Å²) in [6.07, 6.45) is 5.14. The molecule has 114 valence electrons. The Hall–Kier alpha value is -0.910. The second kappa shape index (κ2) is 6.70. The molecule has 2 saturated heterocycles. The molecular formula is C14H24N2O3S. The molecule has 20 heavy (non-hydrogen) atoms. The van der Waals surface area contributed by atoms with Gasteiger partial charge in [0, 0.05) is 18.3 Å². The highest BCUT2D eigenvalue weighted by Crippen LogP contribution is 2.33. The first kappa shape index (κ1) is 15.5. The Kier molecular flexibility index (Phi) is 5.18. The highest BCUT2D eigenvalue weighted by atomic mass is 32.2. The Morgan fingerprint density at radius 3 is 2.70 bits per heavy atom. The van der Waals surface area contributed by atoms with Crippen LogP contribution in [0.3, 0.4) is 0 Å². The maximum atomic E-state index is 12.8. The molecule has 0 bridgehead atoms. The summed E-state index contributed by atoms with van der Waals surface area (Å²) in [6.45, 7) is 4.83. The maximum Gasteiger partial charge on any atom is 0.327 e. The van der Waals surface area contributed by atoms with Gasteiger partial charge in [-0.1, -0.05) is 19.8 Å². The van der Waals surface area contributed by atoms with Crippen molar-refractivity contribution in [1.29, 1.82) is 0 Å². The van der Waals surface area contributed by atoms with Crippen LogP contribution in [0.5, 0.6) is 0 Å². The van der Waals surface area contributed by atoms with E-state index in [0.29, 0.717) is 5.75 Å². The number of thioether (sulfide) groups is 1. The van der Waals surface area contributed by atoms with Crippen LogP contribution in [0, 0.1) is 0 Å². The fraction of sp³-hybridized carbons (Fsp3) is 0.857. The van der Waals surface area contributed by atoms with Gasteiger partial charge >= 0.3 is 12.0 Å². The number of hydrogen-bond donors (Lipinski definition) is 1. The van der Waals surface area contributed by atoms with E-state index in [4.69, 9.17) is 0 Å². The lowest BCUT2D eigenvalue weighted by Gasteiger charge is -2.35. The first-order valence-corrected chi connectivity index (χ1v) is 8.54. The smallest absolute Gasteiger partial charge is 0.327 e. The van der Waals surface area contributed by atoms with Crippen LogP contribution in [0.15, 0.2) is 0 Å². The molecule has 3 unspecified atom stereocenters. The van der Waals surface area contributed by atoms with Gasteiger partial charge in [-0.25, -0.2) is 9.59 Å². The summed E-state index contributed by atoms with van der Waals surface area (Å²) in [6, 6.07) is -0.542. The molecule has 2 aliphatic rings. The summed E-state index contributed by atoms with van der Waals surface area (Å²) >= 11 is 1.58. The molecule has 0 aromatic heterocycles. The standard InChI is InChI=1S/C14H24N2O3S/c1-3-12-16(11(9-20-12)13(17)18)14(19)15-8-6-4-5-7-10(15)2/h10-12H,3-9H2,1-2H3,(H,17,18). The minimum absolute atomic E-state index is 0.000877. The van der Waals surface area contributed by atoms with E-state index in [0.717, 1.165) is 38.6 Å². The topological polar surface area (TPSA) is 60.9 Å². The molecule has 2 aliphatic heterocycles. The summed E-state index contributed by atoms with van der Waals surface area (Å²) in [5, 5.41) is 9.34. The van der Waals surface area contributed by atoms with Crippen LogP contribution in [-0.4, -0.2) is 56.7 Å². The summed E-state index contributed by atoms with van der Waals surface area (Å²) < 4.78 is 0. The third-order valence-corrected chi connectivity index (χ3v) is 5.70. The first-order valence-electron chi connectivity index (χ1n) is 7.49.